The van der Waals surface area contributed by atoms with Crippen molar-refractivity contribution in [2.24, 2.45) is 5.92 Å². The number of carbonyl (C=O) groups is 1. The summed E-state index contributed by atoms with van der Waals surface area (Å²) in [4.78, 5) is 12.0. The van der Waals surface area contributed by atoms with E-state index in [1.165, 1.54) is 11.9 Å². The number of anilines is 1. The highest BCUT2D eigenvalue weighted by molar-refractivity contribution is 7.92. The average molecular weight is 368 g/mol. The van der Waals surface area contributed by atoms with Crippen molar-refractivity contribution < 1.29 is 30.8 Å². The van der Waals surface area contributed by atoms with Gasteiger partial charge in [0.1, 0.15) is 10.7 Å². The zero-order valence-electron chi connectivity index (χ0n) is 12.7. The number of hydrogen-bond donors (Lipinski definition) is 1. The minimum absolute atomic E-state index is 0.0612. The molecule has 0 spiro atoms. The van der Waals surface area contributed by atoms with Crippen LogP contribution in [0.3, 0.4) is 0 Å². The highest BCUT2D eigenvalue weighted by Crippen LogP contribution is 2.37. The van der Waals surface area contributed by atoms with Gasteiger partial charge in [-0.15, -0.1) is 0 Å². The first-order valence-corrected chi connectivity index (χ1v) is 8.63. The van der Waals surface area contributed by atoms with Crippen LogP contribution in [0.25, 0.3) is 0 Å². The van der Waals surface area contributed by atoms with E-state index in [1.54, 1.807) is 0 Å². The van der Waals surface area contributed by atoms with E-state index in [1.807, 2.05) is 0 Å². The molecule has 1 N–H and O–H groups in total. The van der Waals surface area contributed by atoms with Crippen molar-refractivity contribution in [3.63, 3.8) is 0 Å². The number of amides is 1. The lowest BCUT2D eigenvalue weighted by Crippen LogP contribution is -2.43. The van der Waals surface area contributed by atoms with Crippen LogP contribution < -0.4 is 10.2 Å². The Balaban J connectivity index is 2.46. The van der Waals surface area contributed by atoms with E-state index in [2.05, 4.69) is 5.32 Å². The molecule has 1 saturated heterocycles. The Morgan fingerprint density at radius 2 is 2.00 bits per heavy atom. The quantitative estimate of drug-likeness (QED) is 0.830. The highest BCUT2D eigenvalue weighted by Gasteiger charge is 2.48. The maximum atomic E-state index is 13.4. The largest absolute Gasteiger partial charge is 0.501 e. The molecule has 2 rings (SSSR count). The molecule has 1 aromatic carbocycles. The summed E-state index contributed by atoms with van der Waals surface area (Å²) in [6, 6.07) is 2.26. The third-order valence-electron chi connectivity index (χ3n) is 3.90. The number of carbonyl (C=O) groups excluding carboxylic acids is 1. The van der Waals surface area contributed by atoms with Gasteiger partial charge in [-0.25, -0.2) is 12.8 Å². The van der Waals surface area contributed by atoms with Gasteiger partial charge in [-0.2, -0.15) is 13.2 Å². The summed E-state index contributed by atoms with van der Waals surface area (Å²) in [7, 11) is -4.26. The molecule has 0 bridgehead atoms. The van der Waals surface area contributed by atoms with Gasteiger partial charge in [-0.05, 0) is 31.0 Å². The van der Waals surface area contributed by atoms with E-state index in [-0.39, 0.29) is 24.7 Å². The van der Waals surface area contributed by atoms with Gasteiger partial charge in [-0.1, -0.05) is 0 Å². The predicted molar refractivity (Wildman–Crippen MR) is 78.6 cm³/mol. The number of nitrogens with one attached hydrogen (secondary N) is 1. The van der Waals surface area contributed by atoms with Gasteiger partial charge in [0.15, 0.2) is 0 Å². The fraction of sp³-hybridized carbons (Fsp3) is 0.500. The molecule has 1 aliphatic heterocycles. The van der Waals surface area contributed by atoms with Crippen molar-refractivity contribution in [1.82, 2.24) is 5.32 Å². The summed E-state index contributed by atoms with van der Waals surface area (Å²) in [5.74, 6) is -1.83. The number of halogens is 4. The van der Waals surface area contributed by atoms with Gasteiger partial charge in [0.05, 0.1) is 11.6 Å². The number of benzene rings is 1. The molecule has 0 aromatic heterocycles. The van der Waals surface area contributed by atoms with Crippen LogP contribution in [-0.2, 0) is 14.6 Å². The van der Waals surface area contributed by atoms with Crippen LogP contribution in [0.2, 0.25) is 0 Å². The number of piperidine rings is 1. The number of nitrogens with zero attached hydrogens (tertiary/aromatic N) is 1. The lowest BCUT2D eigenvalue weighted by atomic mass is 9.96. The van der Waals surface area contributed by atoms with Crippen molar-refractivity contribution in [3.8, 4) is 0 Å². The van der Waals surface area contributed by atoms with Crippen molar-refractivity contribution in [3.05, 3.63) is 24.0 Å². The minimum atomic E-state index is -5.70. The Labute approximate surface area is 136 Å². The fourth-order valence-electron chi connectivity index (χ4n) is 2.70. The van der Waals surface area contributed by atoms with Crippen LogP contribution in [0.5, 0.6) is 0 Å². The van der Waals surface area contributed by atoms with Crippen LogP contribution in [0.15, 0.2) is 23.1 Å². The Kier molecular flexibility index (Phi) is 5.07. The number of rotatable bonds is 3. The summed E-state index contributed by atoms with van der Waals surface area (Å²) in [5, 5.41) is 2.46. The summed E-state index contributed by atoms with van der Waals surface area (Å²) in [6.45, 7) is 0.338. The van der Waals surface area contributed by atoms with Crippen LogP contribution in [0.4, 0.5) is 23.2 Å². The maximum Gasteiger partial charge on any atom is 0.501 e. The molecule has 1 fully saturated rings. The molecule has 0 radical (unpaired) electrons. The zero-order chi connectivity index (χ0) is 18.1. The topological polar surface area (TPSA) is 66.5 Å². The minimum Gasteiger partial charge on any atom is -0.370 e. The van der Waals surface area contributed by atoms with E-state index >= 15 is 0 Å². The highest BCUT2D eigenvalue weighted by atomic mass is 32.2. The van der Waals surface area contributed by atoms with Gasteiger partial charge in [-0.3, -0.25) is 4.79 Å². The Bertz CT molecular complexity index is 734. The predicted octanol–water partition coefficient (Wildman–Crippen LogP) is 2.08. The smallest absolute Gasteiger partial charge is 0.370 e. The van der Waals surface area contributed by atoms with Crippen molar-refractivity contribution in [2.45, 2.75) is 23.2 Å². The molecular weight excluding hydrogens is 352 g/mol. The molecule has 0 saturated carbocycles. The van der Waals surface area contributed by atoms with E-state index in [9.17, 15) is 30.8 Å². The van der Waals surface area contributed by atoms with Crippen molar-refractivity contribution in [2.75, 3.05) is 25.0 Å². The second-order valence-electron chi connectivity index (χ2n) is 5.46. The van der Waals surface area contributed by atoms with Crippen LogP contribution in [0.1, 0.15) is 12.8 Å². The summed E-state index contributed by atoms with van der Waals surface area (Å²) < 4.78 is 75.5. The van der Waals surface area contributed by atoms with E-state index in [0.717, 1.165) is 12.1 Å². The van der Waals surface area contributed by atoms with Crippen LogP contribution in [-0.4, -0.2) is 40.0 Å². The fourth-order valence-corrected chi connectivity index (χ4v) is 3.69. The Morgan fingerprint density at radius 1 is 1.33 bits per heavy atom. The lowest BCUT2D eigenvalue weighted by molar-refractivity contribution is -0.124. The average Bonchev–Trinajstić information content (AvgIpc) is 2.53. The van der Waals surface area contributed by atoms with Gasteiger partial charge in [0, 0.05) is 20.1 Å². The normalized spacial score (nSPS) is 19.2. The first-order chi connectivity index (χ1) is 11.1. The summed E-state index contributed by atoms with van der Waals surface area (Å²) in [5.41, 5.74) is -5.78. The van der Waals surface area contributed by atoms with Crippen molar-refractivity contribution in [1.29, 1.82) is 0 Å². The van der Waals surface area contributed by atoms with Gasteiger partial charge >= 0.3 is 5.51 Å². The van der Waals surface area contributed by atoms with Gasteiger partial charge in [0.2, 0.25) is 5.91 Å². The SMILES string of the molecule is CNC(=O)C1CCCN(c2ccc(F)cc2S(=O)(=O)C(F)(F)F)C1. The molecule has 0 aliphatic carbocycles. The molecule has 1 amide bonds. The van der Waals surface area contributed by atoms with Crippen molar-refractivity contribution >= 4 is 21.4 Å². The first kappa shape index (κ1) is 18.5. The van der Waals surface area contributed by atoms with Crippen LogP contribution in [0, 0.1) is 11.7 Å². The van der Waals surface area contributed by atoms with Gasteiger partial charge < -0.3 is 10.2 Å². The summed E-state index contributed by atoms with van der Waals surface area (Å²) in [6.07, 6.45) is 1.04. The first-order valence-electron chi connectivity index (χ1n) is 7.15. The van der Waals surface area contributed by atoms with E-state index in [0.29, 0.717) is 18.9 Å². The second-order valence-corrected chi connectivity index (χ2v) is 7.37. The second kappa shape index (κ2) is 6.58. The maximum absolute atomic E-state index is 13.4. The molecule has 1 aromatic rings. The molecule has 134 valence electrons. The monoisotopic (exact) mass is 368 g/mol. The lowest BCUT2D eigenvalue weighted by Gasteiger charge is -2.34. The molecule has 1 atom stereocenters. The number of alkyl halides is 3. The molecule has 5 nitrogen and oxygen atoms in total. The zero-order valence-corrected chi connectivity index (χ0v) is 13.5. The third kappa shape index (κ3) is 3.47. The number of sulfone groups is 1. The molecule has 1 unspecified atom stereocenters. The van der Waals surface area contributed by atoms with E-state index < -0.39 is 32.0 Å². The Hall–Kier alpha value is -1.84. The molecule has 24 heavy (non-hydrogen) atoms. The van der Waals surface area contributed by atoms with E-state index in [4.69, 9.17) is 0 Å². The molecule has 1 aliphatic rings. The standard InChI is InChI=1S/C14H16F4N2O3S/c1-19-13(21)9-3-2-6-20(8-9)11-5-4-10(15)7-12(11)24(22,23)14(16,17)18/h4-5,7,9H,2-3,6,8H2,1H3,(H,19,21). The molecule has 1 heterocycles. The third-order valence-corrected chi connectivity index (χ3v) is 5.41. The Morgan fingerprint density at radius 3 is 2.58 bits per heavy atom. The molecular formula is C14H16F4N2O3S. The van der Waals surface area contributed by atoms with Gasteiger partial charge in [0.25, 0.3) is 9.84 Å². The molecule has 10 heteroatoms. The summed E-state index contributed by atoms with van der Waals surface area (Å²) >= 11 is 0. The number of hydrogen-bond acceptors (Lipinski definition) is 4. The van der Waals surface area contributed by atoms with Crippen LogP contribution >= 0.6 is 0 Å².